The van der Waals surface area contributed by atoms with Crippen molar-refractivity contribution in [1.82, 2.24) is 4.98 Å². The van der Waals surface area contributed by atoms with Gasteiger partial charge in [-0.15, -0.1) is 0 Å². The fraction of sp³-hybridized carbons (Fsp3) is 0.458. The van der Waals surface area contributed by atoms with E-state index in [0.717, 1.165) is 37.7 Å². The second-order valence-corrected chi connectivity index (χ2v) is 11.5. The summed E-state index contributed by atoms with van der Waals surface area (Å²) in [5, 5.41) is 0. The van der Waals surface area contributed by atoms with E-state index in [2.05, 4.69) is 24.1 Å². The Hall–Kier alpha value is -2.01. The molecule has 29 heavy (non-hydrogen) atoms. The van der Waals surface area contributed by atoms with Crippen LogP contribution in [0.4, 0.5) is 4.39 Å². The first kappa shape index (κ1) is 19.0. The molecule has 1 N–H and O–H groups in total. The third kappa shape index (κ3) is 2.97. The van der Waals surface area contributed by atoms with Crippen molar-refractivity contribution in [2.24, 2.45) is 17.3 Å². The fourth-order valence-electron chi connectivity index (χ4n) is 6.38. The molecule has 5 atom stereocenters. The van der Waals surface area contributed by atoms with Crippen LogP contribution in [0.15, 0.2) is 47.6 Å². The first-order chi connectivity index (χ1) is 13.8. The van der Waals surface area contributed by atoms with Crippen molar-refractivity contribution in [3.8, 4) is 0 Å². The van der Waals surface area contributed by atoms with Gasteiger partial charge < -0.3 is 0 Å². The minimum Gasteiger partial charge on any atom is -0.261 e. The molecular formula is C24H27FN2OS. The molecule has 1 aromatic carbocycles. The topological polar surface area (TPSA) is 53.8 Å². The van der Waals surface area contributed by atoms with Gasteiger partial charge in [0, 0.05) is 17.3 Å². The Morgan fingerprint density at radius 3 is 2.83 bits per heavy atom. The van der Waals surface area contributed by atoms with Gasteiger partial charge in [-0.05, 0) is 95.7 Å². The normalized spacial score (nSPS) is 32.5. The maximum atomic E-state index is 13.8. The van der Waals surface area contributed by atoms with E-state index in [4.69, 9.17) is 4.78 Å². The lowest BCUT2D eigenvalue weighted by molar-refractivity contribution is 0.0885. The fourth-order valence-corrected chi connectivity index (χ4v) is 7.07. The Labute approximate surface area is 172 Å². The number of fused-ring (bicyclic) bond motifs is 5. The first-order valence-corrected chi connectivity index (χ1v) is 12.4. The van der Waals surface area contributed by atoms with Crippen LogP contribution in [0.1, 0.15) is 55.2 Å². The number of halogens is 1. The summed E-state index contributed by atoms with van der Waals surface area (Å²) in [6.45, 7) is 2.36. The van der Waals surface area contributed by atoms with Crippen molar-refractivity contribution >= 4 is 15.3 Å². The maximum absolute atomic E-state index is 13.8. The van der Waals surface area contributed by atoms with Crippen LogP contribution in [0, 0.1) is 27.8 Å². The monoisotopic (exact) mass is 410 g/mol. The van der Waals surface area contributed by atoms with Gasteiger partial charge in [-0.1, -0.05) is 19.1 Å². The van der Waals surface area contributed by atoms with E-state index in [1.54, 1.807) is 12.3 Å². The quantitative estimate of drug-likeness (QED) is 0.680. The maximum Gasteiger partial charge on any atom is 0.142 e. The molecule has 2 aromatic rings. The van der Waals surface area contributed by atoms with Crippen LogP contribution in [-0.4, -0.2) is 15.4 Å². The van der Waals surface area contributed by atoms with Gasteiger partial charge in [0.15, 0.2) is 0 Å². The van der Waals surface area contributed by atoms with Crippen molar-refractivity contribution < 1.29 is 8.60 Å². The molecule has 1 heterocycles. The molecule has 1 aromatic heterocycles. The largest absolute Gasteiger partial charge is 0.261 e. The number of benzene rings is 1. The molecule has 3 aliphatic carbocycles. The van der Waals surface area contributed by atoms with E-state index >= 15 is 0 Å². The molecule has 5 rings (SSSR count). The molecule has 1 fully saturated rings. The summed E-state index contributed by atoms with van der Waals surface area (Å²) in [5.41, 5.74) is 4.97. The zero-order valence-electron chi connectivity index (χ0n) is 17.0. The molecule has 0 saturated heterocycles. The molecule has 3 aliphatic rings. The number of hydrogen-bond donors (Lipinski definition) is 1. The van der Waals surface area contributed by atoms with Gasteiger partial charge in [-0.2, -0.15) is 0 Å². The third-order valence-electron chi connectivity index (χ3n) is 7.74. The van der Waals surface area contributed by atoms with Crippen molar-refractivity contribution in [2.75, 3.05) is 6.26 Å². The highest BCUT2D eigenvalue weighted by molar-refractivity contribution is 7.91. The summed E-state index contributed by atoms with van der Waals surface area (Å²) in [4.78, 5) is 4.73. The van der Waals surface area contributed by atoms with Crippen LogP contribution in [0.5, 0.6) is 0 Å². The molecule has 152 valence electrons. The molecule has 0 radical (unpaired) electrons. The molecule has 0 spiro atoms. The summed E-state index contributed by atoms with van der Waals surface area (Å²) in [6, 6.07) is 7.69. The Bertz CT molecular complexity index is 1120. The number of hydrogen-bond acceptors (Lipinski definition) is 3. The Balaban J connectivity index is 1.47. The highest BCUT2D eigenvalue weighted by Gasteiger charge is 2.51. The van der Waals surface area contributed by atoms with Crippen molar-refractivity contribution in [3.05, 3.63) is 65.2 Å². The van der Waals surface area contributed by atoms with Gasteiger partial charge in [0.1, 0.15) is 5.82 Å². The van der Waals surface area contributed by atoms with Gasteiger partial charge in [-0.3, -0.25) is 4.98 Å². The third-order valence-corrected chi connectivity index (χ3v) is 8.90. The number of aromatic nitrogens is 1. The van der Waals surface area contributed by atoms with E-state index < -0.39 is 9.73 Å². The number of pyridine rings is 1. The van der Waals surface area contributed by atoms with Crippen LogP contribution in [0.2, 0.25) is 0 Å². The minimum atomic E-state index is -2.68. The van der Waals surface area contributed by atoms with Gasteiger partial charge in [0.2, 0.25) is 0 Å². The highest BCUT2D eigenvalue weighted by atomic mass is 32.2. The molecular weight excluding hydrogens is 383 g/mol. The predicted octanol–water partition coefficient (Wildman–Crippen LogP) is 5.81. The van der Waals surface area contributed by atoms with Crippen LogP contribution >= 0.6 is 0 Å². The molecule has 5 heteroatoms. The zero-order chi connectivity index (χ0) is 20.4. The number of aryl methyl sites for hydroxylation is 1. The predicted molar refractivity (Wildman–Crippen MR) is 114 cm³/mol. The smallest absolute Gasteiger partial charge is 0.142 e. The summed E-state index contributed by atoms with van der Waals surface area (Å²) in [6.07, 6.45) is 12.3. The number of nitrogens with zero attached hydrogens (tertiary/aromatic N) is 1. The molecule has 0 aliphatic heterocycles. The number of rotatable bonds is 2. The van der Waals surface area contributed by atoms with Gasteiger partial charge in [0.05, 0.1) is 15.9 Å². The Morgan fingerprint density at radius 2 is 2.07 bits per heavy atom. The standard InChI is InChI=1S/C24H27FN2OS/c1-24-10-9-20-19-6-4-18(29(2,26)28)12-15(19)3-5-21(20)23(24)8-7-22(24)16-11-17(25)14-27-13-16/h4,6-7,11-14,20-21,23,26H,3,5,8-10H2,1-2H3/t20-,21-,23+,24-,29?/m1/s1. The van der Waals surface area contributed by atoms with E-state index in [-0.39, 0.29) is 11.2 Å². The molecule has 1 unspecified atom stereocenters. The molecule has 1 saturated carbocycles. The summed E-state index contributed by atoms with van der Waals surface area (Å²) in [5.74, 6) is 1.44. The second-order valence-electron chi connectivity index (χ2n) is 9.32. The summed E-state index contributed by atoms with van der Waals surface area (Å²) >= 11 is 0. The van der Waals surface area contributed by atoms with Crippen LogP contribution in [0.3, 0.4) is 0 Å². The van der Waals surface area contributed by atoms with Gasteiger partial charge in [-0.25, -0.2) is 13.4 Å². The number of allylic oxidation sites excluding steroid dienone is 2. The van der Waals surface area contributed by atoms with E-state index in [1.807, 2.05) is 12.1 Å². The first-order valence-electron chi connectivity index (χ1n) is 10.5. The summed E-state index contributed by atoms with van der Waals surface area (Å²) in [7, 11) is -2.68. The number of nitrogens with one attached hydrogen (secondary N) is 1. The zero-order valence-corrected chi connectivity index (χ0v) is 17.8. The SMILES string of the molecule is C[C@]12CC[C@@H]3c4ccc(S(C)(=N)=O)cc4CC[C@H]3[C@@H]1CC=C2c1cncc(F)c1. The average molecular weight is 411 g/mol. The second kappa shape index (κ2) is 6.49. The highest BCUT2D eigenvalue weighted by Crippen LogP contribution is 2.63. The minimum absolute atomic E-state index is 0.0764. The van der Waals surface area contributed by atoms with Gasteiger partial charge >= 0.3 is 0 Å². The van der Waals surface area contributed by atoms with Crippen molar-refractivity contribution in [3.63, 3.8) is 0 Å². The Kier molecular flexibility index (Phi) is 4.25. The van der Waals surface area contributed by atoms with E-state index in [9.17, 15) is 8.60 Å². The van der Waals surface area contributed by atoms with Gasteiger partial charge in [0.25, 0.3) is 0 Å². The molecule has 0 bridgehead atoms. The molecule has 3 nitrogen and oxygen atoms in total. The van der Waals surface area contributed by atoms with Crippen LogP contribution in [0.25, 0.3) is 5.57 Å². The van der Waals surface area contributed by atoms with E-state index in [0.29, 0.717) is 22.6 Å². The van der Waals surface area contributed by atoms with Crippen molar-refractivity contribution in [1.29, 1.82) is 4.78 Å². The lowest BCUT2D eigenvalue weighted by atomic mass is 9.54. The van der Waals surface area contributed by atoms with Crippen molar-refractivity contribution in [2.45, 2.75) is 49.8 Å². The van der Waals surface area contributed by atoms with Crippen LogP contribution < -0.4 is 0 Å². The van der Waals surface area contributed by atoms with Crippen LogP contribution in [-0.2, 0) is 16.1 Å². The lowest BCUT2D eigenvalue weighted by Crippen LogP contribution is -2.40. The Morgan fingerprint density at radius 1 is 1.24 bits per heavy atom. The lowest BCUT2D eigenvalue weighted by Gasteiger charge is -2.50. The molecule has 0 amide bonds. The summed E-state index contributed by atoms with van der Waals surface area (Å²) < 4.78 is 33.9. The van der Waals surface area contributed by atoms with E-state index in [1.165, 1.54) is 29.2 Å². The average Bonchev–Trinajstić information content (AvgIpc) is 3.04.